The second-order valence-electron chi connectivity index (χ2n) is 3.49. The molecule has 0 heterocycles. The molecule has 1 nitrogen and oxygen atoms in total. The van der Waals surface area contributed by atoms with E-state index in [9.17, 15) is 0 Å². The maximum Gasteiger partial charge on any atom is 0.136 e. The Morgan fingerprint density at radius 1 is 0.923 bits per heavy atom. The summed E-state index contributed by atoms with van der Waals surface area (Å²) in [5.74, 6) is 0. The minimum atomic E-state index is 1.10. The zero-order chi connectivity index (χ0) is 9.94. The Hall–Kier alpha value is -0.110. The minimum Gasteiger partial charge on any atom is -0.360 e. The molecule has 0 aromatic carbocycles. The Morgan fingerprint density at radius 2 is 1.38 bits per heavy atom. The maximum atomic E-state index is 4.85. The van der Waals surface area contributed by atoms with Crippen LogP contribution in [-0.2, 0) is 0 Å². The third kappa shape index (κ3) is 8.23. The van der Waals surface area contributed by atoms with Crippen molar-refractivity contribution in [1.82, 2.24) is 4.90 Å². The van der Waals surface area contributed by atoms with Crippen molar-refractivity contribution >= 4 is 17.7 Å². The number of thiocarbonyl (C=S) groups is 1. The summed E-state index contributed by atoms with van der Waals surface area (Å²) in [6.45, 7) is 6.65. The van der Waals surface area contributed by atoms with Gasteiger partial charge in [0, 0.05) is 13.1 Å². The van der Waals surface area contributed by atoms with Gasteiger partial charge >= 0.3 is 0 Å². The van der Waals surface area contributed by atoms with Gasteiger partial charge in [0.05, 0.1) is 0 Å². The van der Waals surface area contributed by atoms with Crippen molar-refractivity contribution in [3.05, 3.63) is 0 Å². The van der Waals surface area contributed by atoms with Crippen LogP contribution in [0, 0.1) is 0 Å². The highest BCUT2D eigenvalue weighted by Gasteiger charge is 1.98. The molecular formula is C11H22NS. The van der Waals surface area contributed by atoms with Gasteiger partial charge in [-0.15, -0.1) is 0 Å². The molecule has 0 fully saturated rings. The van der Waals surface area contributed by atoms with Crippen LogP contribution in [0.5, 0.6) is 0 Å². The largest absolute Gasteiger partial charge is 0.360 e. The zero-order valence-electron chi connectivity index (χ0n) is 9.01. The molecule has 0 spiro atoms. The van der Waals surface area contributed by atoms with Gasteiger partial charge in [0.2, 0.25) is 0 Å². The SMILES string of the molecule is CCCCCN([C]=S)CCCCC. The quantitative estimate of drug-likeness (QED) is 0.318. The highest BCUT2D eigenvalue weighted by atomic mass is 32.1. The Balaban J connectivity index is 3.34. The first kappa shape index (κ1) is 12.9. The molecule has 2 heteroatoms. The van der Waals surface area contributed by atoms with Crippen molar-refractivity contribution in [1.29, 1.82) is 0 Å². The van der Waals surface area contributed by atoms with E-state index in [1.807, 2.05) is 0 Å². The van der Waals surface area contributed by atoms with Gasteiger partial charge < -0.3 is 4.90 Å². The van der Waals surface area contributed by atoms with Crippen molar-refractivity contribution in [2.24, 2.45) is 0 Å². The number of rotatable bonds is 9. The van der Waals surface area contributed by atoms with E-state index in [2.05, 4.69) is 24.2 Å². The van der Waals surface area contributed by atoms with E-state index < -0.39 is 0 Å². The molecular weight excluding hydrogens is 178 g/mol. The molecule has 0 aliphatic rings. The molecule has 0 saturated carbocycles. The van der Waals surface area contributed by atoms with Gasteiger partial charge in [-0.3, -0.25) is 0 Å². The van der Waals surface area contributed by atoms with E-state index in [4.69, 9.17) is 12.2 Å². The maximum absolute atomic E-state index is 4.85. The van der Waals surface area contributed by atoms with Gasteiger partial charge in [0.25, 0.3) is 0 Å². The topological polar surface area (TPSA) is 3.24 Å². The molecule has 77 valence electrons. The molecule has 0 N–H and O–H groups in total. The van der Waals surface area contributed by atoms with Crippen LogP contribution in [0.2, 0.25) is 0 Å². The number of hydrogen-bond acceptors (Lipinski definition) is 1. The Bertz CT molecular complexity index is 105. The van der Waals surface area contributed by atoms with Gasteiger partial charge in [0.15, 0.2) is 0 Å². The molecule has 0 aliphatic heterocycles. The van der Waals surface area contributed by atoms with Crippen LogP contribution in [0.25, 0.3) is 0 Å². The Morgan fingerprint density at radius 3 is 1.69 bits per heavy atom. The Kier molecular flexibility index (Phi) is 9.89. The van der Waals surface area contributed by atoms with Gasteiger partial charge in [-0.1, -0.05) is 51.7 Å². The van der Waals surface area contributed by atoms with Crippen molar-refractivity contribution in [2.75, 3.05) is 13.1 Å². The molecule has 0 bridgehead atoms. The fraction of sp³-hybridized carbons (Fsp3) is 0.909. The molecule has 13 heavy (non-hydrogen) atoms. The van der Waals surface area contributed by atoms with Gasteiger partial charge in [0.1, 0.15) is 5.49 Å². The van der Waals surface area contributed by atoms with Crippen molar-refractivity contribution < 1.29 is 0 Å². The van der Waals surface area contributed by atoms with Gasteiger partial charge in [-0.05, 0) is 12.8 Å². The van der Waals surface area contributed by atoms with Gasteiger partial charge in [-0.25, -0.2) is 0 Å². The zero-order valence-corrected chi connectivity index (χ0v) is 9.83. The van der Waals surface area contributed by atoms with E-state index in [-0.39, 0.29) is 0 Å². The van der Waals surface area contributed by atoms with Crippen molar-refractivity contribution in [2.45, 2.75) is 52.4 Å². The van der Waals surface area contributed by atoms with E-state index in [0.29, 0.717) is 0 Å². The molecule has 0 aromatic rings. The molecule has 1 radical (unpaired) electrons. The first-order chi connectivity index (χ1) is 6.35. The lowest BCUT2D eigenvalue weighted by atomic mass is 10.2. The predicted octanol–water partition coefficient (Wildman–Crippen LogP) is 3.50. The van der Waals surface area contributed by atoms with Crippen LogP contribution in [0.3, 0.4) is 0 Å². The first-order valence-corrected chi connectivity index (χ1v) is 5.88. The van der Waals surface area contributed by atoms with E-state index in [1.165, 1.54) is 38.5 Å². The average Bonchev–Trinajstić information content (AvgIpc) is 2.16. The molecule has 0 unspecified atom stereocenters. The van der Waals surface area contributed by atoms with Crippen LogP contribution in [0.1, 0.15) is 52.4 Å². The van der Waals surface area contributed by atoms with Crippen LogP contribution >= 0.6 is 12.2 Å². The smallest absolute Gasteiger partial charge is 0.136 e. The second-order valence-corrected chi connectivity index (χ2v) is 3.68. The fourth-order valence-corrected chi connectivity index (χ4v) is 1.49. The summed E-state index contributed by atoms with van der Waals surface area (Å²) in [6, 6.07) is 0. The number of unbranched alkanes of at least 4 members (excludes halogenated alkanes) is 4. The third-order valence-electron chi connectivity index (χ3n) is 2.19. The van der Waals surface area contributed by atoms with E-state index in [0.717, 1.165) is 13.1 Å². The van der Waals surface area contributed by atoms with Crippen molar-refractivity contribution in [3.63, 3.8) is 0 Å². The molecule has 0 amide bonds. The fourth-order valence-electron chi connectivity index (χ4n) is 1.31. The Labute approximate surface area is 88.5 Å². The van der Waals surface area contributed by atoms with Crippen LogP contribution in [0.15, 0.2) is 0 Å². The third-order valence-corrected chi connectivity index (χ3v) is 2.45. The summed E-state index contributed by atoms with van der Waals surface area (Å²) in [5, 5.41) is 0. The average molecular weight is 200 g/mol. The van der Waals surface area contributed by atoms with Gasteiger partial charge in [-0.2, -0.15) is 0 Å². The summed E-state index contributed by atoms with van der Waals surface area (Å²) in [7, 11) is 0. The minimum absolute atomic E-state index is 1.10. The highest BCUT2D eigenvalue weighted by Crippen LogP contribution is 2.00. The summed E-state index contributed by atoms with van der Waals surface area (Å²) in [6.07, 6.45) is 7.68. The monoisotopic (exact) mass is 200 g/mol. The molecule has 0 aliphatic carbocycles. The summed E-state index contributed by atoms with van der Waals surface area (Å²) in [4.78, 5) is 2.15. The molecule has 0 saturated heterocycles. The molecule has 0 atom stereocenters. The van der Waals surface area contributed by atoms with E-state index in [1.54, 1.807) is 0 Å². The summed E-state index contributed by atoms with van der Waals surface area (Å²) >= 11 is 4.85. The van der Waals surface area contributed by atoms with Crippen LogP contribution < -0.4 is 0 Å². The lowest BCUT2D eigenvalue weighted by Gasteiger charge is -2.17. The van der Waals surface area contributed by atoms with E-state index >= 15 is 0 Å². The number of nitrogens with zero attached hydrogens (tertiary/aromatic N) is 1. The van der Waals surface area contributed by atoms with Crippen LogP contribution in [0.4, 0.5) is 0 Å². The normalized spacial score (nSPS) is 10.0. The standard InChI is InChI=1S/C11H22NS/c1-3-5-7-9-12(11-13)10-8-6-4-2/h3-10H2,1-2H3. The lowest BCUT2D eigenvalue weighted by Crippen LogP contribution is -2.23. The predicted molar refractivity (Wildman–Crippen MR) is 63.2 cm³/mol. The lowest BCUT2D eigenvalue weighted by molar-refractivity contribution is 0.405. The summed E-state index contributed by atoms with van der Waals surface area (Å²) < 4.78 is 0. The summed E-state index contributed by atoms with van der Waals surface area (Å²) in [5.41, 5.74) is 2.84. The van der Waals surface area contributed by atoms with Crippen molar-refractivity contribution in [3.8, 4) is 0 Å². The van der Waals surface area contributed by atoms with Crippen LogP contribution in [-0.4, -0.2) is 23.5 Å². The molecule has 0 aromatic heterocycles. The molecule has 0 rings (SSSR count). The number of hydrogen-bond donors (Lipinski definition) is 0. The first-order valence-electron chi connectivity index (χ1n) is 5.47. The highest BCUT2D eigenvalue weighted by molar-refractivity contribution is 7.78. The second kappa shape index (κ2) is 9.97.